The molecule has 3 rings (SSSR count). The van der Waals surface area contributed by atoms with Crippen LogP contribution in [-0.4, -0.2) is 74.6 Å². The third-order valence-corrected chi connectivity index (χ3v) is 5.48. The number of ether oxygens (including phenoxy) is 3. The van der Waals surface area contributed by atoms with Crippen molar-refractivity contribution in [2.45, 2.75) is 31.9 Å². The lowest BCUT2D eigenvalue weighted by molar-refractivity contribution is 0.0743. The lowest BCUT2D eigenvalue weighted by Crippen LogP contribution is -2.33. The lowest BCUT2D eigenvalue weighted by Gasteiger charge is -2.26. The third-order valence-electron chi connectivity index (χ3n) is 5.48. The first-order chi connectivity index (χ1) is 15.1. The van der Waals surface area contributed by atoms with Crippen molar-refractivity contribution in [3.63, 3.8) is 0 Å². The first-order valence-electron chi connectivity index (χ1n) is 11.2. The molecular weight excluding hydrogens is 392 g/mol. The van der Waals surface area contributed by atoms with Crippen molar-refractivity contribution >= 4 is 0 Å². The van der Waals surface area contributed by atoms with Gasteiger partial charge in [-0.2, -0.15) is 0 Å². The number of benzene rings is 2. The Morgan fingerprint density at radius 2 is 1.68 bits per heavy atom. The van der Waals surface area contributed by atoms with Crippen LogP contribution in [0.5, 0.6) is 17.2 Å². The van der Waals surface area contributed by atoms with Gasteiger partial charge in [0.15, 0.2) is 0 Å². The predicted octanol–water partition coefficient (Wildman–Crippen LogP) is 3.43. The van der Waals surface area contributed by atoms with Gasteiger partial charge < -0.3 is 19.3 Å². The smallest absolute Gasteiger partial charge is 0.123 e. The van der Waals surface area contributed by atoms with E-state index in [9.17, 15) is 5.11 Å². The molecule has 170 valence electrons. The number of methoxy groups -OCH3 is 1. The van der Waals surface area contributed by atoms with E-state index in [0.717, 1.165) is 31.2 Å². The van der Waals surface area contributed by atoms with Crippen LogP contribution in [0.4, 0.5) is 0 Å². The first-order valence-corrected chi connectivity index (χ1v) is 11.2. The Hall–Kier alpha value is -2.28. The fraction of sp³-hybridized carbons (Fsp3) is 0.520. The second-order valence-electron chi connectivity index (χ2n) is 8.24. The zero-order valence-electron chi connectivity index (χ0n) is 18.8. The average molecular weight is 429 g/mol. The van der Waals surface area contributed by atoms with Gasteiger partial charge in [-0.1, -0.05) is 24.6 Å². The van der Waals surface area contributed by atoms with Crippen LogP contribution in [0.25, 0.3) is 0 Å². The fourth-order valence-corrected chi connectivity index (χ4v) is 3.88. The summed E-state index contributed by atoms with van der Waals surface area (Å²) in [4.78, 5) is 4.57. The normalized spacial score (nSPS) is 15.6. The highest BCUT2D eigenvalue weighted by Gasteiger charge is 2.12. The number of aliphatic hydroxyl groups is 1. The van der Waals surface area contributed by atoms with Gasteiger partial charge in [-0.25, -0.2) is 0 Å². The number of piperidine rings is 1. The van der Waals surface area contributed by atoms with E-state index >= 15 is 0 Å². The molecular formula is C25H36N2O4. The highest BCUT2D eigenvalue weighted by Crippen LogP contribution is 2.19. The van der Waals surface area contributed by atoms with Crippen molar-refractivity contribution in [3.05, 3.63) is 54.1 Å². The summed E-state index contributed by atoms with van der Waals surface area (Å²) in [5, 5.41) is 10.4. The van der Waals surface area contributed by atoms with E-state index in [-0.39, 0.29) is 6.61 Å². The summed E-state index contributed by atoms with van der Waals surface area (Å²) < 4.78 is 16.9. The Labute approximate surface area is 186 Å². The highest BCUT2D eigenvalue weighted by atomic mass is 16.5. The second kappa shape index (κ2) is 12.5. The van der Waals surface area contributed by atoms with Crippen LogP contribution in [-0.2, 0) is 6.54 Å². The predicted molar refractivity (Wildman–Crippen MR) is 123 cm³/mol. The molecule has 1 fully saturated rings. The molecule has 1 atom stereocenters. The topological polar surface area (TPSA) is 54.4 Å². The summed E-state index contributed by atoms with van der Waals surface area (Å²) in [7, 11) is 3.62. The van der Waals surface area contributed by atoms with Gasteiger partial charge in [0.05, 0.1) is 7.11 Å². The van der Waals surface area contributed by atoms with E-state index < -0.39 is 6.10 Å². The second-order valence-corrected chi connectivity index (χ2v) is 8.24. The minimum Gasteiger partial charge on any atom is -0.497 e. The maximum absolute atomic E-state index is 10.4. The van der Waals surface area contributed by atoms with E-state index in [2.05, 4.69) is 21.9 Å². The highest BCUT2D eigenvalue weighted by molar-refractivity contribution is 5.32. The minimum atomic E-state index is -0.583. The zero-order valence-corrected chi connectivity index (χ0v) is 18.8. The van der Waals surface area contributed by atoms with Gasteiger partial charge in [-0.05, 0) is 62.8 Å². The molecule has 1 aliphatic rings. The molecule has 0 aromatic heterocycles. The molecule has 0 saturated carbocycles. The van der Waals surface area contributed by atoms with Gasteiger partial charge >= 0.3 is 0 Å². The Bertz CT molecular complexity index is 780. The molecule has 2 aromatic rings. The molecule has 1 saturated heterocycles. The summed E-state index contributed by atoms with van der Waals surface area (Å²) in [6, 6.07) is 15.6. The number of rotatable bonds is 12. The van der Waals surface area contributed by atoms with Gasteiger partial charge in [0.2, 0.25) is 0 Å². The summed E-state index contributed by atoms with van der Waals surface area (Å²) in [6.07, 6.45) is 3.38. The maximum Gasteiger partial charge on any atom is 0.123 e. The molecule has 6 nitrogen and oxygen atoms in total. The lowest BCUT2D eigenvalue weighted by atomic mass is 10.1. The van der Waals surface area contributed by atoms with Gasteiger partial charge in [-0.3, -0.25) is 9.80 Å². The number of aliphatic hydroxyl groups excluding tert-OH is 1. The van der Waals surface area contributed by atoms with Crippen LogP contribution in [0.15, 0.2) is 48.5 Å². The quantitative estimate of drug-likeness (QED) is 0.559. The fourth-order valence-electron chi connectivity index (χ4n) is 3.88. The van der Waals surface area contributed by atoms with Gasteiger partial charge in [0.25, 0.3) is 0 Å². The molecule has 1 unspecified atom stereocenters. The molecule has 0 bridgehead atoms. The van der Waals surface area contributed by atoms with Crippen molar-refractivity contribution in [3.8, 4) is 17.2 Å². The Balaban J connectivity index is 1.38. The van der Waals surface area contributed by atoms with Crippen LogP contribution in [0, 0.1) is 0 Å². The van der Waals surface area contributed by atoms with Crippen molar-refractivity contribution in [2.24, 2.45) is 0 Å². The monoisotopic (exact) mass is 428 g/mol. The van der Waals surface area contributed by atoms with E-state index in [1.165, 1.54) is 37.9 Å². The average Bonchev–Trinajstić information content (AvgIpc) is 2.79. The van der Waals surface area contributed by atoms with Crippen LogP contribution < -0.4 is 14.2 Å². The Morgan fingerprint density at radius 3 is 2.45 bits per heavy atom. The van der Waals surface area contributed by atoms with Crippen LogP contribution in [0.2, 0.25) is 0 Å². The number of likely N-dealkylation sites (N-methyl/N-ethyl adjacent to an activating group) is 1. The molecule has 31 heavy (non-hydrogen) atoms. The van der Waals surface area contributed by atoms with Gasteiger partial charge in [-0.15, -0.1) is 0 Å². The molecule has 6 heteroatoms. The van der Waals surface area contributed by atoms with E-state index in [1.54, 1.807) is 7.11 Å². The van der Waals surface area contributed by atoms with Crippen molar-refractivity contribution in [1.82, 2.24) is 9.80 Å². The molecule has 2 aromatic carbocycles. The molecule has 1 N–H and O–H groups in total. The molecule has 1 aliphatic heterocycles. The number of hydrogen-bond acceptors (Lipinski definition) is 6. The number of likely N-dealkylation sites (tertiary alicyclic amines) is 1. The largest absolute Gasteiger partial charge is 0.497 e. The summed E-state index contributed by atoms with van der Waals surface area (Å²) >= 11 is 0. The molecule has 0 aliphatic carbocycles. The first kappa shape index (κ1) is 23.4. The van der Waals surface area contributed by atoms with Crippen LogP contribution >= 0.6 is 0 Å². The Morgan fingerprint density at radius 1 is 0.968 bits per heavy atom. The Kier molecular flexibility index (Phi) is 9.46. The maximum atomic E-state index is 10.4. The summed E-state index contributed by atoms with van der Waals surface area (Å²) in [5.41, 5.74) is 1.17. The zero-order chi connectivity index (χ0) is 21.9. The molecule has 0 spiro atoms. The van der Waals surface area contributed by atoms with Gasteiger partial charge in [0.1, 0.15) is 36.6 Å². The summed E-state index contributed by atoms with van der Waals surface area (Å²) in [6.45, 7) is 5.58. The summed E-state index contributed by atoms with van der Waals surface area (Å²) in [5.74, 6) is 2.34. The molecule has 0 radical (unpaired) electrons. The number of nitrogens with zero attached hydrogens (tertiary/aromatic N) is 2. The SMILES string of the molecule is COc1cccc(OCC(O)CN(C)Cc2cccc(OCCN3CCCCC3)c2)c1. The van der Waals surface area contributed by atoms with Gasteiger partial charge in [0, 0.05) is 25.7 Å². The van der Waals surface area contributed by atoms with Crippen molar-refractivity contribution in [2.75, 3.05) is 53.6 Å². The standard InChI is InChI=1S/C25H36N2O4/c1-26(19-22(28)20-31-25-11-7-9-23(17-25)29-2)18-21-8-6-10-24(16-21)30-15-14-27-12-4-3-5-13-27/h6-11,16-17,22,28H,3-5,12-15,18-20H2,1-2H3. The molecule has 1 heterocycles. The number of hydrogen-bond donors (Lipinski definition) is 1. The minimum absolute atomic E-state index is 0.233. The van der Waals surface area contributed by atoms with Crippen LogP contribution in [0.3, 0.4) is 0 Å². The van der Waals surface area contributed by atoms with E-state index in [0.29, 0.717) is 12.3 Å². The van der Waals surface area contributed by atoms with E-state index in [1.807, 2.05) is 43.4 Å². The van der Waals surface area contributed by atoms with Crippen LogP contribution in [0.1, 0.15) is 24.8 Å². The molecule has 0 amide bonds. The third kappa shape index (κ3) is 8.40. The van der Waals surface area contributed by atoms with E-state index in [4.69, 9.17) is 14.2 Å². The van der Waals surface area contributed by atoms with Crippen molar-refractivity contribution < 1.29 is 19.3 Å². The van der Waals surface area contributed by atoms with Crippen molar-refractivity contribution in [1.29, 1.82) is 0 Å².